The maximum Gasteiger partial charge on any atom is 0.322 e. The largest absolute Gasteiger partial charge is 0.461 e. The lowest BCUT2D eigenvalue weighted by atomic mass is 9.78. The molecule has 0 amide bonds. The molecule has 3 rings (SSSR count). The van der Waals surface area contributed by atoms with Crippen LogP contribution in [0.15, 0.2) is 0 Å². The van der Waals surface area contributed by atoms with E-state index in [1.807, 2.05) is 13.8 Å². The molecule has 0 spiro atoms. The number of fused-ring (bicyclic) bond motifs is 1. The van der Waals surface area contributed by atoms with Crippen LogP contribution in [0.5, 0.6) is 6.01 Å². The van der Waals surface area contributed by atoms with Crippen LogP contribution in [0.1, 0.15) is 52.4 Å². The van der Waals surface area contributed by atoms with E-state index in [0.29, 0.717) is 18.0 Å². The number of halogens is 1. The first-order valence-corrected chi connectivity index (χ1v) is 8.36. The zero-order valence-electron chi connectivity index (χ0n) is 12.8. The van der Waals surface area contributed by atoms with Gasteiger partial charge in [0.1, 0.15) is 0 Å². The highest BCUT2D eigenvalue weighted by Crippen LogP contribution is 2.37. The quantitative estimate of drug-likeness (QED) is 0.855. The van der Waals surface area contributed by atoms with E-state index in [-0.39, 0.29) is 11.4 Å². The Balaban J connectivity index is 1.85. The summed E-state index contributed by atoms with van der Waals surface area (Å²) in [5.74, 6) is 1.46. The van der Waals surface area contributed by atoms with Gasteiger partial charge in [0.05, 0.1) is 6.10 Å². The Morgan fingerprint density at radius 2 is 1.86 bits per heavy atom. The minimum absolute atomic E-state index is 0.0279. The molecule has 1 saturated heterocycles. The van der Waals surface area contributed by atoms with Crippen molar-refractivity contribution in [3.8, 4) is 6.01 Å². The van der Waals surface area contributed by atoms with Gasteiger partial charge in [-0.2, -0.15) is 15.0 Å². The second-order valence-electron chi connectivity index (χ2n) is 6.30. The molecule has 2 aliphatic rings. The molecule has 6 heteroatoms. The van der Waals surface area contributed by atoms with Crippen LogP contribution >= 0.6 is 11.6 Å². The van der Waals surface area contributed by atoms with E-state index < -0.39 is 0 Å². The first-order valence-electron chi connectivity index (χ1n) is 7.98. The van der Waals surface area contributed by atoms with Gasteiger partial charge in [-0.15, -0.1) is 0 Å². The molecule has 1 aliphatic carbocycles. The third-order valence-corrected chi connectivity index (χ3v) is 4.59. The predicted octanol–water partition coefficient (Wildman–Crippen LogP) is 3.47. The van der Waals surface area contributed by atoms with Gasteiger partial charge in [0, 0.05) is 12.6 Å². The van der Waals surface area contributed by atoms with Crippen molar-refractivity contribution in [2.45, 2.75) is 64.5 Å². The Bertz CT molecular complexity index is 495. The second-order valence-corrected chi connectivity index (χ2v) is 6.64. The Hall–Kier alpha value is -1.10. The van der Waals surface area contributed by atoms with Gasteiger partial charge in [-0.1, -0.05) is 12.8 Å². The Kier molecular flexibility index (Phi) is 4.48. The Labute approximate surface area is 131 Å². The van der Waals surface area contributed by atoms with Crippen molar-refractivity contribution in [2.75, 3.05) is 11.4 Å². The predicted molar refractivity (Wildman–Crippen MR) is 82.9 cm³/mol. The smallest absolute Gasteiger partial charge is 0.322 e. The van der Waals surface area contributed by atoms with E-state index in [2.05, 4.69) is 19.9 Å². The fraction of sp³-hybridized carbons (Fsp3) is 0.800. The van der Waals surface area contributed by atoms with E-state index >= 15 is 0 Å². The monoisotopic (exact) mass is 310 g/mol. The number of piperidine rings is 1. The van der Waals surface area contributed by atoms with Crippen LogP contribution < -0.4 is 9.64 Å². The molecule has 0 aromatic carbocycles. The fourth-order valence-electron chi connectivity index (χ4n) is 3.59. The van der Waals surface area contributed by atoms with Crippen LogP contribution in [-0.4, -0.2) is 33.6 Å². The normalized spacial score (nSPS) is 25.8. The van der Waals surface area contributed by atoms with Crippen LogP contribution in [0.2, 0.25) is 5.28 Å². The maximum absolute atomic E-state index is 6.06. The van der Waals surface area contributed by atoms with Crippen LogP contribution in [-0.2, 0) is 0 Å². The summed E-state index contributed by atoms with van der Waals surface area (Å²) in [6, 6.07) is 0.885. The zero-order chi connectivity index (χ0) is 14.8. The molecule has 0 bridgehead atoms. The van der Waals surface area contributed by atoms with Crippen molar-refractivity contribution in [1.29, 1.82) is 0 Å². The van der Waals surface area contributed by atoms with Gasteiger partial charge in [0.15, 0.2) is 0 Å². The molecule has 0 N–H and O–H groups in total. The topological polar surface area (TPSA) is 51.1 Å². The van der Waals surface area contributed by atoms with E-state index in [0.717, 1.165) is 12.5 Å². The highest BCUT2D eigenvalue weighted by Gasteiger charge is 2.34. The summed E-state index contributed by atoms with van der Waals surface area (Å²) in [7, 11) is 0. The molecule has 1 saturated carbocycles. The molecule has 1 aromatic heterocycles. The molecule has 2 heterocycles. The number of nitrogens with zero attached hydrogens (tertiary/aromatic N) is 4. The van der Waals surface area contributed by atoms with E-state index in [4.69, 9.17) is 16.3 Å². The summed E-state index contributed by atoms with van der Waals surface area (Å²) >= 11 is 6.06. The Morgan fingerprint density at radius 3 is 2.67 bits per heavy atom. The number of hydrogen-bond acceptors (Lipinski definition) is 5. The minimum atomic E-state index is 0.0279. The van der Waals surface area contributed by atoms with Gasteiger partial charge in [0.25, 0.3) is 0 Å². The molecular formula is C15H23ClN4O. The van der Waals surface area contributed by atoms with E-state index in [9.17, 15) is 0 Å². The molecule has 2 atom stereocenters. The summed E-state index contributed by atoms with van der Waals surface area (Å²) < 4.78 is 5.59. The highest BCUT2D eigenvalue weighted by atomic mass is 35.5. The van der Waals surface area contributed by atoms with Crippen LogP contribution in [0, 0.1) is 5.92 Å². The second kappa shape index (κ2) is 6.34. The molecule has 2 fully saturated rings. The lowest BCUT2D eigenvalue weighted by Crippen LogP contribution is -2.47. The third-order valence-electron chi connectivity index (χ3n) is 4.42. The van der Waals surface area contributed by atoms with Crippen molar-refractivity contribution in [2.24, 2.45) is 5.92 Å². The van der Waals surface area contributed by atoms with Gasteiger partial charge in [-0.25, -0.2) is 0 Å². The average Bonchev–Trinajstić information content (AvgIpc) is 2.45. The van der Waals surface area contributed by atoms with Gasteiger partial charge >= 0.3 is 6.01 Å². The lowest BCUT2D eigenvalue weighted by molar-refractivity contribution is 0.218. The van der Waals surface area contributed by atoms with Crippen molar-refractivity contribution in [3.63, 3.8) is 0 Å². The standard InChI is InChI=1S/C15H23ClN4O/c1-10(2)21-15-18-13(16)17-14(19-15)20-9-5-7-11-6-3-4-8-12(11)20/h10-12H,3-9H2,1-2H3/t11-,12-/m1/s1. The molecule has 1 aliphatic heterocycles. The first-order chi connectivity index (χ1) is 10.1. The zero-order valence-corrected chi connectivity index (χ0v) is 13.5. The molecule has 5 nitrogen and oxygen atoms in total. The SMILES string of the molecule is CC(C)Oc1nc(Cl)nc(N2CCC[C@H]3CCCC[C@H]32)n1. The van der Waals surface area contributed by atoms with E-state index in [1.54, 1.807) is 0 Å². The molecule has 0 radical (unpaired) electrons. The molecular weight excluding hydrogens is 288 g/mol. The van der Waals surface area contributed by atoms with Crippen molar-refractivity contribution in [1.82, 2.24) is 15.0 Å². The molecule has 21 heavy (non-hydrogen) atoms. The minimum Gasteiger partial charge on any atom is -0.461 e. The van der Waals surface area contributed by atoms with Crippen molar-refractivity contribution in [3.05, 3.63) is 5.28 Å². The first kappa shape index (κ1) is 14.8. The van der Waals surface area contributed by atoms with Crippen LogP contribution in [0.3, 0.4) is 0 Å². The number of hydrogen-bond donors (Lipinski definition) is 0. The maximum atomic E-state index is 6.06. The number of rotatable bonds is 3. The van der Waals surface area contributed by atoms with Gasteiger partial charge < -0.3 is 9.64 Å². The average molecular weight is 311 g/mol. The highest BCUT2D eigenvalue weighted by molar-refractivity contribution is 6.28. The molecule has 0 unspecified atom stereocenters. The van der Waals surface area contributed by atoms with Gasteiger partial charge in [0.2, 0.25) is 11.2 Å². The summed E-state index contributed by atoms with van der Waals surface area (Å²) in [5.41, 5.74) is 0. The summed E-state index contributed by atoms with van der Waals surface area (Å²) in [6.45, 7) is 4.91. The summed E-state index contributed by atoms with van der Waals surface area (Å²) in [5, 5.41) is 0.216. The van der Waals surface area contributed by atoms with Crippen molar-refractivity contribution < 1.29 is 4.74 Å². The Morgan fingerprint density at radius 1 is 1.10 bits per heavy atom. The van der Waals surface area contributed by atoms with Gasteiger partial charge in [-0.05, 0) is 57.0 Å². The van der Waals surface area contributed by atoms with Crippen molar-refractivity contribution >= 4 is 17.5 Å². The lowest BCUT2D eigenvalue weighted by Gasteiger charge is -2.44. The molecule has 1 aromatic rings. The van der Waals surface area contributed by atoms with E-state index in [1.165, 1.54) is 38.5 Å². The summed E-state index contributed by atoms with van der Waals surface area (Å²) in [6.07, 6.45) is 7.77. The number of anilines is 1. The van der Waals surface area contributed by atoms with Crippen LogP contribution in [0.25, 0.3) is 0 Å². The number of ether oxygens (including phenoxy) is 1. The molecule has 116 valence electrons. The van der Waals surface area contributed by atoms with Crippen LogP contribution in [0.4, 0.5) is 5.95 Å². The van der Waals surface area contributed by atoms with Gasteiger partial charge in [-0.3, -0.25) is 0 Å². The summed E-state index contributed by atoms with van der Waals surface area (Å²) in [4.78, 5) is 15.2. The fourth-order valence-corrected chi connectivity index (χ4v) is 3.73. The number of aromatic nitrogens is 3. The third kappa shape index (κ3) is 3.39.